The minimum atomic E-state index is -2.95. The monoisotopic (exact) mass is 525 g/mol. The van der Waals surface area contributed by atoms with Crippen molar-refractivity contribution in [3.8, 4) is 17.0 Å². The first-order valence-corrected chi connectivity index (χ1v) is 12.8. The summed E-state index contributed by atoms with van der Waals surface area (Å²) >= 11 is 0. The van der Waals surface area contributed by atoms with Gasteiger partial charge in [0.15, 0.2) is 5.82 Å². The standard InChI is InChI=1S/C28H29F2N3O5/c29-28(30)37-23-7-2-1-6-21(23)25-22(26(38-33-25)18-8-9-18)16-36-20(14-17-4-3-5-17)12-13-31-24-11-10-19(15-32-24)27(34)35/h1-2,6-7,10-11,13,15,17-18,20,28H,3-5,8-9,12,14,16H2,(H,34,35)/b31-13+/t20-/m1/s1. The molecule has 2 fully saturated rings. The first kappa shape index (κ1) is 26.0. The third-order valence-electron chi connectivity index (χ3n) is 7.00. The summed E-state index contributed by atoms with van der Waals surface area (Å²) in [6.45, 7) is -2.73. The summed E-state index contributed by atoms with van der Waals surface area (Å²) in [6, 6.07) is 9.59. The van der Waals surface area contributed by atoms with E-state index in [1.165, 1.54) is 37.6 Å². The lowest BCUT2D eigenvalue weighted by Crippen LogP contribution is -2.22. The summed E-state index contributed by atoms with van der Waals surface area (Å²) < 4.78 is 42.9. The quantitative estimate of drug-likeness (QED) is 0.245. The van der Waals surface area contributed by atoms with Crippen molar-refractivity contribution in [3.05, 3.63) is 59.5 Å². The molecule has 200 valence electrons. The number of pyridine rings is 1. The number of benzene rings is 1. The lowest BCUT2D eigenvalue weighted by atomic mass is 9.81. The van der Waals surface area contributed by atoms with E-state index in [4.69, 9.17) is 19.1 Å². The fourth-order valence-electron chi connectivity index (χ4n) is 4.59. The molecule has 0 bridgehead atoms. The van der Waals surface area contributed by atoms with Crippen LogP contribution >= 0.6 is 0 Å². The maximum absolute atomic E-state index is 13.0. The molecule has 0 spiro atoms. The molecule has 3 aromatic rings. The Morgan fingerprint density at radius 2 is 2.00 bits per heavy atom. The molecule has 2 saturated carbocycles. The number of para-hydroxylation sites is 1. The van der Waals surface area contributed by atoms with Gasteiger partial charge in [-0.2, -0.15) is 8.78 Å². The molecule has 2 aliphatic rings. The molecule has 0 saturated heterocycles. The van der Waals surface area contributed by atoms with Gasteiger partial charge in [-0.25, -0.2) is 14.8 Å². The number of hydrogen-bond donors (Lipinski definition) is 1. The van der Waals surface area contributed by atoms with Crippen LogP contribution in [0.3, 0.4) is 0 Å². The first-order chi connectivity index (χ1) is 18.5. The maximum atomic E-state index is 13.0. The molecule has 2 aliphatic carbocycles. The van der Waals surface area contributed by atoms with Gasteiger partial charge in [0.1, 0.15) is 17.2 Å². The van der Waals surface area contributed by atoms with Crippen LogP contribution in [0, 0.1) is 5.92 Å². The van der Waals surface area contributed by atoms with Gasteiger partial charge in [-0.05, 0) is 49.4 Å². The maximum Gasteiger partial charge on any atom is 0.387 e. The Morgan fingerprint density at radius 3 is 2.66 bits per heavy atom. The summed E-state index contributed by atoms with van der Waals surface area (Å²) in [6.07, 6.45) is 9.85. The van der Waals surface area contributed by atoms with Gasteiger partial charge in [0, 0.05) is 35.9 Å². The van der Waals surface area contributed by atoms with Crippen molar-refractivity contribution in [1.29, 1.82) is 0 Å². The van der Waals surface area contributed by atoms with Crippen molar-refractivity contribution in [2.45, 2.75) is 70.2 Å². The van der Waals surface area contributed by atoms with Gasteiger partial charge in [0.2, 0.25) is 0 Å². The molecular formula is C28H29F2N3O5. The van der Waals surface area contributed by atoms with E-state index in [0.29, 0.717) is 29.4 Å². The molecule has 2 aromatic heterocycles. The Kier molecular flexibility index (Phi) is 8.07. The molecule has 0 aliphatic heterocycles. The minimum Gasteiger partial charge on any atom is -0.478 e. The van der Waals surface area contributed by atoms with Gasteiger partial charge in [-0.3, -0.25) is 0 Å². The van der Waals surface area contributed by atoms with Crippen LogP contribution in [0.2, 0.25) is 0 Å². The number of alkyl halides is 2. The Balaban J connectivity index is 1.32. The van der Waals surface area contributed by atoms with Crippen molar-refractivity contribution in [3.63, 3.8) is 0 Å². The summed E-state index contributed by atoms with van der Waals surface area (Å²) in [5, 5.41) is 13.3. The lowest BCUT2D eigenvalue weighted by molar-refractivity contribution is -0.0494. The summed E-state index contributed by atoms with van der Waals surface area (Å²) in [4.78, 5) is 19.5. The van der Waals surface area contributed by atoms with E-state index in [2.05, 4.69) is 15.1 Å². The van der Waals surface area contributed by atoms with Crippen molar-refractivity contribution in [1.82, 2.24) is 10.1 Å². The molecular weight excluding hydrogens is 496 g/mol. The second-order valence-corrected chi connectivity index (χ2v) is 9.75. The highest BCUT2D eigenvalue weighted by Gasteiger charge is 2.34. The third-order valence-corrected chi connectivity index (χ3v) is 7.00. The minimum absolute atomic E-state index is 0.0407. The van der Waals surface area contributed by atoms with E-state index in [-0.39, 0.29) is 29.9 Å². The highest BCUT2D eigenvalue weighted by molar-refractivity contribution is 5.87. The number of aromatic carboxylic acids is 1. The van der Waals surface area contributed by atoms with Crippen LogP contribution in [0.15, 0.2) is 52.1 Å². The van der Waals surface area contributed by atoms with Gasteiger partial charge in [0.05, 0.1) is 18.3 Å². The molecule has 0 amide bonds. The van der Waals surface area contributed by atoms with Crippen LogP contribution < -0.4 is 4.74 Å². The Bertz CT molecular complexity index is 1270. The number of carbonyl (C=O) groups is 1. The average molecular weight is 526 g/mol. The van der Waals surface area contributed by atoms with Crippen LogP contribution in [0.1, 0.15) is 72.5 Å². The van der Waals surface area contributed by atoms with Crippen LogP contribution in [0.5, 0.6) is 5.75 Å². The number of carboxylic acids is 1. The number of carboxylic acid groups (broad SMARTS) is 1. The largest absolute Gasteiger partial charge is 0.478 e. The van der Waals surface area contributed by atoms with Crippen LogP contribution in [0.25, 0.3) is 11.3 Å². The fourth-order valence-corrected chi connectivity index (χ4v) is 4.59. The Hall–Kier alpha value is -3.66. The Labute approximate surface area is 218 Å². The number of ether oxygens (including phenoxy) is 2. The van der Waals surface area contributed by atoms with Gasteiger partial charge in [-0.1, -0.05) is 36.6 Å². The number of hydrogen-bond acceptors (Lipinski definition) is 7. The zero-order valence-corrected chi connectivity index (χ0v) is 20.8. The number of aliphatic imine (C=N–C) groups is 1. The molecule has 38 heavy (non-hydrogen) atoms. The molecule has 0 radical (unpaired) electrons. The van der Waals surface area contributed by atoms with Crippen molar-refractivity contribution in [2.24, 2.45) is 10.9 Å². The second-order valence-electron chi connectivity index (χ2n) is 9.75. The predicted octanol–water partition coefficient (Wildman–Crippen LogP) is 6.78. The van der Waals surface area contributed by atoms with Gasteiger partial charge < -0.3 is 19.1 Å². The zero-order chi connectivity index (χ0) is 26.5. The van der Waals surface area contributed by atoms with Crippen LogP contribution in [0.4, 0.5) is 14.6 Å². The van der Waals surface area contributed by atoms with E-state index >= 15 is 0 Å². The van der Waals surface area contributed by atoms with E-state index in [1.807, 2.05) is 0 Å². The topological polar surface area (TPSA) is 107 Å². The van der Waals surface area contributed by atoms with E-state index in [1.54, 1.807) is 30.5 Å². The van der Waals surface area contributed by atoms with Gasteiger partial charge >= 0.3 is 12.6 Å². The van der Waals surface area contributed by atoms with Gasteiger partial charge in [0.25, 0.3) is 0 Å². The molecule has 2 heterocycles. The molecule has 0 unspecified atom stereocenters. The zero-order valence-electron chi connectivity index (χ0n) is 20.8. The van der Waals surface area contributed by atoms with Crippen molar-refractivity contribution >= 4 is 18.0 Å². The highest BCUT2D eigenvalue weighted by atomic mass is 19.3. The summed E-state index contributed by atoms with van der Waals surface area (Å²) in [7, 11) is 0. The fraction of sp³-hybridized carbons (Fsp3) is 0.429. The molecule has 1 atom stereocenters. The number of rotatable bonds is 13. The van der Waals surface area contributed by atoms with E-state index in [9.17, 15) is 13.6 Å². The molecule has 1 aromatic carbocycles. The highest BCUT2D eigenvalue weighted by Crippen LogP contribution is 2.45. The molecule has 1 N–H and O–H groups in total. The first-order valence-electron chi connectivity index (χ1n) is 12.8. The average Bonchev–Trinajstić information content (AvgIpc) is 3.64. The van der Waals surface area contributed by atoms with Gasteiger partial charge in [-0.15, -0.1) is 0 Å². The third kappa shape index (κ3) is 6.42. The molecule has 10 heteroatoms. The smallest absolute Gasteiger partial charge is 0.387 e. The van der Waals surface area contributed by atoms with Crippen LogP contribution in [-0.4, -0.2) is 40.1 Å². The SMILES string of the molecule is O=C(O)c1ccc(/N=C/C[C@H](CC2CCC2)OCc2c(-c3ccccc3OC(F)F)noc2C2CC2)nc1. The Morgan fingerprint density at radius 1 is 1.18 bits per heavy atom. The van der Waals surface area contributed by atoms with E-state index < -0.39 is 12.6 Å². The van der Waals surface area contributed by atoms with Crippen molar-refractivity contribution in [2.75, 3.05) is 0 Å². The second kappa shape index (κ2) is 11.8. The number of aromatic nitrogens is 2. The predicted molar refractivity (Wildman–Crippen MR) is 135 cm³/mol. The van der Waals surface area contributed by atoms with Crippen molar-refractivity contribution < 1.29 is 32.7 Å². The molecule has 5 rings (SSSR count). The summed E-state index contributed by atoms with van der Waals surface area (Å²) in [5.74, 6) is 1.01. The summed E-state index contributed by atoms with van der Waals surface area (Å²) in [5.41, 5.74) is 1.77. The normalized spacial score (nSPS) is 16.6. The van der Waals surface area contributed by atoms with Crippen LogP contribution in [-0.2, 0) is 11.3 Å². The lowest BCUT2D eigenvalue weighted by Gasteiger charge is -2.29. The van der Waals surface area contributed by atoms with E-state index in [0.717, 1.165) is 30.6 Å². The number of nitrogens with zero attached hydrogens (tertiary/aromatic N) is 3. The molecule has 8 nitrogen and oxygen atoms in total. The number of halogens is 2.